The molecule has 0 radical (unpaired) electrons. The van der Waals surface area contributed by atoms with Gasteiger partial charge < -0.3 is 15.5 Å². The predicted molar refractivity (Wildman–Crippen MR) is 299 cm³/mol. The zero-order chi connectivity index (χ0) is 48.5. The number of hydrogen-bond donors (Lipinski definition) is 3. The fraction of sp³-hybridized carbons (Fsp3) is 0.921. The van der Waals surface area contributed by atoms with Crippen LogP contribution in [0.1, 0.15) is 354 Å². The normalized spacial score (nSPS) is 12.8. The first-order chi connectivity index (χ1) is 33.2. The van der Waals surface area contributed by atoms with Crippen molar-refractivity contribution >= 4 is 5.91 Å². The van der Waals surface area contributed by atoms with Crippen molar-refractivity contribution in [3.63, 3.8) is 0 Å². The molecule has 0 spiro atoms. The first-order valence-corrected chi connectivity index (χ1v) is 31.0. The smallest absolute Gasteiger partial charge is 0.220 e. The molecule has 67 heavy (non-hydrogen) atoms. The van der Waals surface area contributed by atoms with Crippen LogP contribution < -0.4 is 5.32 Å². The third-order valence-corrected chi connectivity index (χ3v) is 14.7. The van der Waals surface area contributed by atoms with Crippen LogP contribution >= 0.6 is 0 Å². The van der Waals surface area contributed by atoms with E-state index in [2.05, 4.69) is 43.5 Å². The minimum atomic E-state index is -0.657. The summed E-state index contributed by atoms with van der Waals surface area (Å²) in [4.78, 5) is 12.5. The maximum atomic E-state index is 12.5. The molecule has 0 aromatic heterocycles. The Morgan fingerprint density at radius 1 is 0.358 bits per heavy atom. The summed E-state index contributed by atoms with van der Waals surface area (Å²) in [7, 11) is 0. The first kappa shape index (κ1) is 65.9. The van der Waals surface area contributed by atoms with Gasteiger partial charge in [-0.25, -0.2) is 0 Å². The van der Waals surface area contributed by atoms with Crippen LogP contribution in [-0.4, -0.2) is 34.9 Å². The zero-order valence-corrected chi connectivity index (χ0v) is 46.0. The van der Waals surface area contributed by atoms with Gasteiger partial charge in [0.25, 0.3) is 0 Å². The summed E-state index contributed by atoms with van der Waals surface area (Å²) < 4.78 is 0. The number of allylic oxidation sites excluding steroid dienone is 4. The predicted octanol–water partition coefficient (Wildman–Crippen LogP) is 20.7. The first-order valence-electron chi connectivity index (χ1n) is 31.0. The lowest BCUT2D eigenvalue weighted by atomic mass is 10.0. The molecule has 0 aliphatic rings. The Morgan fingerprint density at radius 2 is 0.612 bits per heavy atom. The number of rotatable bonds is 58. The van der Waals surface area contributed by atoms with Crippen LogP contribution in [0.5, 0.6) is 0 Å². The van der Waals surface area contributed by atoms with Crippen molar-refractivity contribution in [2.75, 3.05) is 6.61 Å². The Balaban J connectivity index is 3.37. The second-order valence-electron chi connectivity index (χ2n) is 21.5. The second-order valence-corrected chi connectivity index (χ2v) is 21.5. The third kappa shape index (κ3) is 55.7. The van der Waals surface area contributed by atoms with Crippen LogP contribution in [0.4, 0.5) is 0 Å². The van der Waals surface area contributed by atoms with Crippen molar-refractivity contribution in [2.24, 2.45) is 0 Å². The molecule has 2 atom stereocenters. The molecule has 0 aromatic carbocycles. The molecule has 0 aromatic rings. The van der Waals surface area contributed by atoms with E-state index >= 15 is 0 Å². The molecular weight excluding hydrogens is 819 g/mol. The third-order valence-electron chi connectivity index (χ3n) is 14.7. The van der Waals surface area contributed by atoms with Crippen LogP contribution in [-0.2, 0) is 4.79 Å². The van der Waals surface area contributed by atoms with E-state index in [9.17, 15) is 15.0 Å². The molecule has 4 heteroatoms. The van der Waals surface area contributed by atoms with E-state index in [1.807, 2.05) is 0 Å². The molecule has 0 rings (SSSR count). The molecule has 0 saturated heterocycles. The fourth-order valence-corrected chi connectivity index (χ4v) is 9.98. The van der Waals surface area contributed by atoms with Gasteiger partial charge in [0.15, 0.2) is 0 Å². The van der Waals surface area contributed by atoms with Crippen molar-refractivity contribution in [3.05, 3.63) is 24.3 Å². The molecule has 4 nitrogen and oxygen atoms in total. The Labute approximate surface area is 421 Å². The molecule has 0 aliphatic carbocycles. The van der Waals surface area contributed by atoms with Crippen molar-refractivity contribution in [2.45, 2.75) is 366 Å². The van der Waals surface area contributed by atoms with E-state index < -0.39 is 12.1 Å². The number of aliphatic hydroxyl groups is 2. The van der Waals surface area contributed by atoms with Crippen molar-refractivity contribution in [3.8, 4) is 0 Å². The van der Waals surface area contributed by atoms with Crippen LogP contribution in [0.25, 0.3) is 0 Å². The summed E-state index contributed by atoms with van der Waals surface area (Å²) in [6.45, 7) is 4.39. The van der Waals surface area contributed by atoms with Gasteiger partial charge in [-0.05, 0) is 44.9 Å². The largest absolute Gasteiger partial charge is 0.394 e. The SMILES string of the molecule is CCCCCCC/C=C\C/C=C\CCCCCCCCCCCCCCCCCCCCCCCCCCCC(=O)NC(CO)C(O)CCCCCCCCCCCCCCCCCCCC. The van der Waals surface area contributed by atoms with Crippen molar-refractivity contribution < 1.29 is 15.0 Å². The summed E-state index contributed by atoms with van der Waals surface area (Å²) in [6, 6.07) is -0.533. The Morgan fingerprint density at radius 3 is 0.896 bits per heavy atom. The average molecular weight is 943 g/mol. The highest BCUT2D eigenvalue weighted by atomic mass is 16.3. The van der Waals surface area contributed by atoms with Gasteiger partial charge in [-0.15, -0.1) is 0 Å². The molecular formula is C63H123NO3. The van der Waals surface area contributed by atoms with Gasteiger partial charge in [-0.2, -0.15) is 0 Å². The van der Waals surface area contributed by atoms with Crippen molar-refractivity contribution in [1.29, 1.82) is 0 Å². The minimum Gasteiger partial charge on any atom is -0.394 e. The van der Waals surface area contributed by atoms with Crippen LogP contribution in [0.15, 0.2) is 24.3 Å². The lowest BCUT2D eigenvalue weighted by Gasteiger charge is -2.22. The van der Waals surface area contributed by atoms with Gasteiger partial charge in [0.2, 0.25) is 5.91 Å². The molecule has 0 bridgehead atoms. The highest BCUT2D eigenvalue weighted by molar-refractivity contribution is 5.76. The topological polar surface area (TPSA) is 69.6 Å². The van der Waals surface area contributed by atoms with E-state index in [0.29, 0.717) is 12.8 Å². The number of amides is 1. The zero-order valence-electron chi connectivity index (χ0n) is 46.0. The maximum Gasteiger partial charge on any atom is 0.220 e. The maximum absolute atomic E-state index is 12.5. The lowest BCUT2D eigenvalue weighted by molar-refractivity contribution is -0.123. The van der Waals surface area contributed by atoms with Gasteiger partial charge in [0.1, 0.15) is 0 Å². The van der Waals surface area contributed by atoms with E-state index in [1.165, 1.54) is 295 Å². The second kappa shape index (κ2) is 59.2. The van der Waals surface area contributed by atoms with Gasteiger partial charge in [-0.1, -0.05) is 327 Å². The van der Waals surface area contributed by atoms with Crippen LogP contribution in [0, 0.1) is 0 Å². The standard InChI is InChI=1S/C63H123NO3/c1-3-5-7-9-11-13-15-17-19-21-23-24-25-26-27-28-29-30-31-32-33-34-35-36-37-38-39-40-41-43-45-47-49-51-53-55-57-59-63(67)64-61(60-65)62(66)58-56-54-52-50-48-46-44-42-22-20-18-16-14-12-10-8-6-4-2/h15,17,21,23,61-62,65-66H,3-14,16,18-20,22,24-60H2,1-2H3,(H,64,67)/b17-15-,23-21-. The Hall–Kier alpha value is -1.13. The van der Waals surface area contributed by atoms with Crippen LogP contribution in [0.3, 0.4) is 0 Å². The Bertz CT molecular complexity index is 978. The highest BCUT2D eigenvalue weighted by Gasteiger charge is 2.20. The molecule has 0 fully saturated rings. The summed E-state index contributed by atoms with van der Waals surface area (Å²) in [5.74, 6) is -0.0232. The number of nitrogens with one attached hydrogen (secondary N) is 1. The molecule has 398 valence electrons. The molecule has 3 N–H and O–H groups in total. The van der Waals surface area contributed by atoms with Crippen molar-refractivity contribution in [1.82, 2.24) is 5.32 Å². The van der Waals surface area contributed by atoms with E-state index in [0.717, 1.165) is 32.1 Å². The number of aliphatic hydroxyl groups excluding tert-OH is 2. The molecule has 2 unspecified atom stereocenters. The number of unbranched alkanes of at least 4 members (excludes halogenated alkanes) is 47. The summed E-state index contributed by atoms with van der Waals surface area (Å²) >= 11 is 0. The van der Waals surface area contributed by atoms with E-state index in [-0.39, 0.29) is 12.5 Å². The number of carbonyl (C=O) groups excluding carboxylic acids is 1. The number of hydrogen-bond acceptors (Lipinski definition) is 3. The summed E-state index contributed by atoms with van der Waals surface area (Å²) in [5, 5.41) is 23.4. The van der Waals surface area contributed by atoms with E-state index in [1.54, 1.807) is 0 Å². The fourth-order valence-electron chi connectivity index (χ4n) is 9.98. The molecule has 0 heterocycles. The Kier molecular flexibility index (Phi) is 58.2. The van der Waals surface area contributed by atoms with Gasteiger partial charge in [0.05, 0.1) is 18.8 Å². The highest BCUT2D eigenvalue weighted by Crippen LogP contribution is 2.18. The monoisotopic (exact) mass is 942 g/mol. The van der Waals surface area contributed by atoms with Gasteiger partial charge in [-0.3, -0.25) is 4.79 Å². The molecule has 0 saturated carbocycles. The van der Waals surface area contributed by atoms with Gasteiger partial charge in [0, 0.05) is 6.42 Å². The summed E-state index contributed by atoms with van der Waals surface area (Å²) in [5.41, 5.74) is 0. The summed E-state index contributed by atoms with van der Waals surface area (Å²) in [6.07, 6.45) is 79.1. The van der Waals surface area contributed by atoms with E-state index in [4.69, 9.17) is 0 Å². The number of carbonyl (C=O) groups is 1. The van der Waals surface area contributed by atoms with Crippen LogP contribution in [0.2, 0.25) is 0 Å². The lowest BCUT2D eigenvalue weighted by Crippen LogP contribution is -2.45. The van der Waals surface area contributed by atoms with Gasteiger partial charge >= 0.3 is 0 Å². The molecule has 1 amide bonds. The average Bonchev–Trinajstić information content (AvgIpc) is 3.33. The minimum absolute atomic E-state index is 0.0232. The molecule has 0 aliphatic heterocycles. The quantitative estimate of drug-likeness (QED) is 0.0420.